The number of anilines is 2. The van der Waals surface area contributed by atoms with Gasteiger partial charge in [-0.3, -0.25) is 0 Å². The van der Waals surface area contributed by atoms with E-state index in [9.17, 15) is 0 Å². The van der Waals surface area contributed by atoms with E-state index in [1.165, 1.54) is 18.1 Å². The van der Waals surface area contributed by atoms with Gasteiger partial charge in [0.25, 0.3) is 0 Å². The van der Waals surface area contributed by atoms with E-state index in [1.807, 2.05) is 22.8 Å². The monoisotopic (exact) mass is 342 g/mol. The van der Waals surface area contributed by atoms with Gasteiger partial charge in [0.05, 0.1) is 17.9 Å². The van der Waals surface area contributed by atoms with E-state index in [4.69, 9.17) is 5.10 Å². The van der Waals surface area contributed by atoms with Crippen molar-refractivity contribution in [3.63, 3.8) is 0 Å². The molecule has 2 fully saturated rings. The van der Waals surface area contributed by atoms with E-state index >= 15 is 0 Å². The van der Waals surface area contributed by atoms with Crippen LogP contribution in [0.4, 0.5) is 11.6 Å². The van der Waals surface area contributed by atoms with Crippen LogP contribution in [0.15, 0.2) is 18.3 Å². The van der Waals surface area contributed by atoms with Gasteiger partial charge < -0.3 is 9.80 Å². The standard InChI is InChI=1S/C15H18N8S/c1-6-21(7-1)13-3-2-12-17-18-15(23(12)19-13)11-4-8-22(9-5-11)14-10-16-24-20-14/h2-3,10-11H,1,4-9H2. The Morgan fingerprint density at radius 3 is 2.50 bits per heavy atom. The molecule has 0 N–H and O–H groups in total. The van der Waals surface area contributed by atoms with E-state index in [0.717, 1.165) is 62.1 Å². The zero-order valence-corrected chi connectivity index (χ0v) is 14.1. The van der Waals surface area contributed by atoms with Crippen LogP contribution in [0, 0.1) is 0 Å². The molecular formula is C15H18N8S. The number of aromatic nitrogens is 6. The average Bonchev–Trinajstić information content (AvgIpc) is 3.23. The van der Waals surface area contributed by atoms with Gasteiger partial charge in [0.1, 0.15) is 5.82 Å². The molecule has 0 aromatic carbocycles. The van der Waals surface area contributed by atoms with E-state index in [2.05, 4.69) is 28.7 Å². The fourth-order valence-corrected chi connectivity index (χ4v) is 3.87. The summed E-state index contributed by atoms with van der Waals surface area (Å²) in [6.45, 7) is 4.12. The van der Waals surface area contributed by atoms with Crippen LogP contribution in [0.5, 0.6) is 0 Å². The normalized spacial score (nSPS) is 19.0. The Balaban J connectivity index is 1.38. The molecule has 9 heteroatoms. The first-order valence-corrected chi connectivity index (χ1v) is 9.11. The summed E-state index contributed by atoms with van der Waals surface area (Å²) in [5.41, 5.74) is 0.834. The lowest BCUT2D eigenvalue weighted by Gasteiger charge is -2.32. The maximum atomic E-state index is 4.78. The van der Waals surface area contributed by atoms with Gasteiger partial charge in [-0.15, -0.1) is 15.3 Å². The van der Waals surface area contributed by atoms with E-state index in [-0.39, 0.29) is 0 Å². The van der Waals surface area contributed by atoms with Crippen LogP contribution < -0.4 is 9.80 Å². The van der Waals surface area contributed by atoms with Crippen molar-refractivity contribution in [3.8, 4) is 0 Å². The fourth-order valence-electron chi connectivity index (χ4n) is 3.43. The zero-order valence-electron chi connectivity index (χ0n) is 13.2. The molecule has 3 aromatic heterocycles. The van der Waals surface area contributed by atoms with Gasteiger partial charge in [-0.2, -0.15) is 13.3 Å². The Kier molecular flexibility index (Phi) is 3.32. The van der Waals surface area contributed by atoms with Crippen molar-refractivity contribution < 1.29 is 0 Å². The van der Waals surface area contributed by atoms with Crippen molar-refractivity contribution in [2.24, 2.45) is 0 Å². The highest BCUT2D eigenvalue weighted by Crippen LogP contribution is 2.29. The summed E-state index contributed by atoms with van der Waals surface area (Å²) in [6, 6.07) is 4.07. The van der Waals surface area contributed by atoms with Crippen molar-refractivity contribution >= 4 is 29.0 Å². The summed E-state index contributed by atoms with van der Waals surface area (Å²) in [4.78, 5) is 4.59. The van der Waals surface area contributed by atoms with Crippen molar-refractivity contribution in [1.29, 1.82) is 0 Å². The average molecular weight is 342 g/mol. The number of nitrogens with zero attached hydrogens (tertiary/aromatic N) is 8. The Labute approximate surface area is 143 Å². The molecule has 0 bridgehead atoms. The van der Waals surface area contributed by atoms with Gasteiger partial charge >= 0.3 is 0 Å². The third kappa shape index (κ3) is 2.31. The van der Waals surface area contributed by atoms with Gasteiger partial charge in [0.15, 0.2) is 17.3 Å². The second-order valence-electron chi connectivity index (χ2n) is 6.39. The van der Waals surface area contributed by atoms with Crippen LogP contribution in [0.3, 0.4) is 0 Å². The smallest absolute Gasteiger partial charge is 0.178 e. The molecule has 0 atom stereocenters. The number of fused-ring (bicyclic) bond motifs is 1. The second-order valence-corrected chi connectivity index (χ2v) is 6.94. The van der Waals surface area contributed by atoms with Crippen molar-refractivity contribution in [1.82, 2.24) is 28.6 Å². The van der Waals surface area contributed by atoms with Crippen LogP contribution >= 0.6 is 11.7 Å². The first-order chi connectivity index (χ1) is 11.9. The second kappa shape index (κ2) is 5.66. The van der Waals surface area contributed by atoms with Gasteiger partial charge in [0, 0.05) is 32.1 Å². The highest BCUT2D eigenvalue weighted by molar-refractivity contribution is 6.99. The molecule has 0 saturated carbocycles. The molecule has 2 aliphatic rings. The molecule has 2 saturated heterocycles. The SMILES string of the molecule is c1nsnc1N1CCC(c2nnc3ccc(N4CCC4)nn23)CC1. The summed E-state index contributed by atoms with van der Waals surface area (Å²) >= 11 is 1.26. The van der Waals surface area contributed by atoms with Crippen LogP contribution in [-0.4, -0.2) is 54.7 Å². The molecule has 124 valence electrons. The van der Waals surface area contributed by atoms with E-state index in [1.54, 1.807) is 0 Å². The third-order valence-electron chi connectivity index (χ3n) is 4.99. The number of hydrogen-bond acceptors (Lipinski definition) is 8. The Bertz CT molecular complexity index is 832. The molecular weight excluding hydrogens is 324 g/mol. The lowest BCUT2D eigenvalue weighted by atomic mass is 9.96. The molecule has 2 aliphatic heterocycles. The third-order valence-corrected chi connectivity index (χ3v) is 5.46. The minimum absolute atomic E-state index is 0.391. The Morgan fingerprint density at radius 1 is 0.958 bits per heavy atom. The number of hydrogen-bond donors (Lipinski definition) is 0. The number of piperidine rings is 1. The molecule has 5 heterocycles. The summed E-state index contributed by atoms with van der Waals surface area (Å²) in [7, 11) is 0. The first kappa shape index (κ1) is 14.1. The first-order valence-electron chi connectivity index (χ1n) is 8.38. The molecule has 0 spiro atoms. The minimum atomic E-state index is 0.391. The zero-order chi connectivity index (χ0) is 15.9. The summed E-state index contributed by atoms with van der Waals surface area (Å²) in [6.07, 6.45) is 5.17. The number of rotatable bonds is 3. The molecule has 3 aromatic rings. The van der Waals surface area contributed by atoms with Crippen LogP contribution in [0.2, 0.25) is 0 Å². The molecule has 24 heavy (non-hydrogen) atoms. The molecule has 8 nitrogen and oxygen atoms in total. The van der Waals surface area contributed by atoms with E-state index in [0.29, 0.717) is 5.92 Å². The summed E-state index contributed by atoms with van der Waals surface area (Å²) in [5.74, 6) is 3.40. The van der Waals surface area contributed by atoms with Crippen LogP contribution in [-0.2, 0) is 0 Å². The maximum Gasteiger partial charge on any atom is 0.178 e. The Hall–Kier alpha value is -2.29. The van der Waals surface area contributed by atoms with Crippen LogP contribution in [0.1, 0.15) is 31.0 Å². The topological polar surface area (TPSA) is 75.3 Å². The Morgan fingerprint density at radius 2 is 1.79 bits per heavy atom. The highest BCUT2D eigenvalue weighted by atomic mass is 32.1. The fraction of sp³-hybridized carbons (Fsp3) is 0.533. The minimum Gasteiger partial charge on any atom is -0.355 e. The highest BCUT2D eigenvalue weighted by Gasteiger charge is 2.26. The molecule has 0 radical (unpaired) electrons. The lowest BCUT2D eigenvalue weighted by Crippen LogP contribution is -2.38. The predicted molar refractivity (Wildman–Crippen MR) is 91.7 cm³/mol. The van der Waals surface area contributed by atoms with Crippen molar-refractivity contribution in [2.75, 3.05) is 36.0 Å². The van der Waals surface area contributed by atoms with Gasteiger partial charge in [-0.25, -0.2) is 0 Å². The maximum absolute atomic E-state index is 4.78. The van der Waals surface area contributed by atoms with Crippen LogP contribution in [0.25, 0.3) is 5.65 Å². The molecule has 0 unspecified atom stereocenters. The van der Waals surface area contributed by atoms with Crippen molar-refractivity contribution in [3.05, 3.63) is 24.2 Å². The van der Waals surface area contributed by atoms with Gasteiger partial charge in [-0.05, 0) is 31.4 Å². The largest absolute Gasteiger partial charge is 0.355 e. The lowest BCUT2D eigenvalue weighted by molar-refractivity contribution is 0.475. The summed E-state index contributed by atoms with van der Waals surface area (Å²) < 4.78 is 10.4. The van der Waals surface area contributed by atoms with Crippen molar-refractivity contribution in [2.45, 2.75) is 25.2 Å². The molecule has 5 rings (SSSR count). The molecule has 0 aliphatic carbocycles. The van der Waals surface area contributed by atoms with Gasteiger partial charge in [-0.1, -0.05) is 0 Å². The quantitative estimate of drug-likeness (QED) is 0.715. The predicted octanol–water partition coefficient (Wildman–Crippen LogP) is 1.57. The summed E-state index contributed by atoms with van der Waals surface area (Å²) in [5, 5.41) is 13.5. The molecule has 0 amide bonds. The van der Waals surface area contributed by atoms with Gasteiger partial charge in [0.2, 0.25) is 0 Å². The van der Waals surface area contributed by atoms with E-state index < -0.39 is 0 Å².